The largest absolute Gasteiger partial charge is 0.328 e. The fraction of sp³-hybridized carbons (Fsp3) is 0.100. The van der Waals surface area contributed by atoms with Crippen LogP contribution in [-0.4, -0.2) is 15.0 Å². The van der Waals surface area contributed by atoms with Crippen molar-refractivity contribution in [1.29, 1.82) is 0 Å². The summed E-state index contributed by atoms with van der Waals surface area (Å²) in [6.45, 7) is 1.86. The van der Waals surface area contributed by atoms with E-state index in [0.717, 1.165) is 17.3 Å². The van der Waals surface area contributed by atoms with Crippen molar-refractivity contribution < 1.29 is 4.39 Å². The quantitative estimate of drug-likeness (QED) is 0.753. The minimum Gasteiger partial charge on any atom is -0.328 e. The molecule has 0 unspecified atom stereocenters. The molecule has 2 aromatic rings. The van der Waals surface area contributed by atoms with Gasteiger partial charge in [0.1, 0.15) is 0 Å². The first kappa shape index (κ1) is 9.92. The molecule has 0 saturated carbocycles. The van der Waals surface area contributed by atoms with E-state index < -0.39 is 5.82 Å². The molecule has 0 atom stereocenters. The van der Waals surface area contributed by atoms with Crippen LogP contribution < -0.4 is 0 Å². The van der Waals surface area contributed by atoms with Crippen molar-refractivity contribution in [2.24, 2.45) is 0 Å². The number of aromatic amines is 1. The van der Waals surface area contributed by atoms with Crippen LogP contribution in [0.25, 0.3) is 11.3 Å². The minimum absolute atomic E-state index is 0.266. The van der Waals surface area contributed by atoms with E-state index in [1.54, 1.807) is 18.5 Å². The summed E-state index contributed by atoms with van der Waals surface area (Å²) < 4.78 is 13.7. The normalized spacial score (nSPS) is 10.3. The van der Waals surface area contributed by atoms with Gasteiger partial charge < -0.3 is 4.98 Å². The van der Waals surface area contributed by atoms with Crippen LogP contribution in [0.2, 0.25) is 0 Å². The van der Waals surface area contributed by atoms with Crippen molar-refractivity contribution >= 4 is 12.2 Å². The maximum atomic E-state index is 13.5. The van der Waals surface area contributed by atoms with E-state index in [0.29, 0.717) is 5.69 Å². The fourth-order valence-corrected chi connectivity index (χ4v) is 1.48. The SMILES string of the molecule is Cc1cnccc1-c1[nH]c(=S)ncc1F. The first-order valence-corrected chi connectivity index (χ1v) is 4.75. The highest BCUT2D eigenvalue weighted by Gasteiger charge is 2.07. The van der Waals surface area contributed by atoms with Gasteiger partial charge in [-0.3, -0.25) is 4.98 Å². The number of pyridine rings is 1. The van der Waals surface area contributed by atoms with Crippen LogP contribution in [0.1, 0.15) is 5.56 Å². The molecule has 2 rings (SSSR count). The Hall–Kier alpha value is -1.62. The van der Waals surface area contributed by atoms with Gasteiger partial charge in [-0.2, -0.15) is 0 Å². The topological polar surface area (TPSA) is 41.6 Å². The van der Waals surface area contributed by atoms with E-state index in [1.165, 1.54) is 0 Å². The number of nitrogens with zero attached hydrogens (tertiary/aromatic N) is 2. The number of halogens is 1. The Kier molecular flexibility index (Phi) is 2.55. The van der Waals surface area contributed by atoms with Crippen molar-refractivity contribution in [3.63, 3.8) is 0 Å². The lowest BCUT2D eigenvalue weighted by atomic mass is 10.1. The van der Waals surface area contributed by atoms with Crippen molar-refractivity contribution in [2.45, 2.75) is 6.92 Å². The van der Waals surface area contributed by atoms with Crippen LogP contribution in [0, 0.1) is 17.5 Å². The molecule has 0 fully saturated rings. The molecule has 1 N–H and O–H groups in total. The van der Waals surface area contributed by atoms with Gasteiger partial charge in [0.15, 0.2) is 10.6 Å². The third-order valence-corrected chi connectivity index (χ3v) is 2.26. The summed E-state index contributed by atoms with van der Waals surface area (Å²) >= 11 is 4.85. The maximum absolute atomic E-state index is 13.5. The number of hydrogen-bond donors (Lipinski definition) is 1. The number of H-pyrrole nitrogens is 1. The molecule has 0 spiro atoms. The summed E-state index contributed by atoms with van der Waals surface area (Å²) in [4.78, 5) is 10.3. The Morgan fingerprint density at radius 1 is 1.40 bits per heavy atom. The zero-order valence-electron chi connectivity index (χ0n) is 7.99. The van der Waals surface area contributed by atoms with Gasteiger partial charge in [-0.15, -0.1) is 0 Å². The Balaban J connectivity index is 2.69. The van der Waals surface area contributed by atoms with E-state index >= 15 is 0 Å². The zero-order chi connectivity index (χ0) is 10.8. The predicted molar refractivity (Wildman–Crippen MR) is 57.3 cm³/mol. The molecule has 0 amide bonds. The van der Waals surface area contributed by atoms with Gasteiger partial charge in [-0.05, 0) is 30.8 Å². The van der Waals surface area contributed by atoms with Gasteiger partial charge in [-0.1, -0.05) is 0 Å². The molecular formula is C10H8FN3S. The minimum atomic E-state index is -0.419. The number of nitrogens with one attached hydrogen (secondary N) is 1. The van der Waals surface area contributed by atoms with Crippen LogP contribution in [0.15, 0.2) is 24.7 Å². The van der Waals surface area contributed by atoms with E-state index in [4.69, 9.17) is 12.2 Å². The number of aryl methyl sites for hydroxylation is 1. The summed E-state index contributed by atoms with van der Waals surface area (Å²) in [7, 11) is 0. The number of aromatic nitrogens is 3. The Morgan fingerprint density at radius 2 is 2.20 bits per heavy atom. The highest BCUT2D eigenvalue weighted by molar-refractivity contribution is 7.71. The van der Waals surface area contributed by atoms with Crippen molar-refractivity contribution in [3.05, 3.63) is 40.8 Å². The van der Waals surface area contributed by atoms with Gasteiger partial charge in [-0.25, -0.2) is 9.37 Å². The third-order valence-electron chi connectivity index (χ3n) is 2.06. The van der Waals surface area contributed by atoms with Crippen LogP contribution in [-0.2, 0) is 0 Å². The molecule has 3 nitrogen and oxygen atoms in total. The summed E-state index contributed by atoms with van der Waals surface area (Å²) in [5.74, 6) is -0.419. The molecular weight excluding hydrogens is 213 g/mol. The first-order chi connectivity index (χ1) is 7.18. The second-order valence-corrected chi connectivity index (χ2v) is 3.49. The molecule has 5 heteroatoms. The highest BCUT2D eigenvalue weighted by Crippen LogP contribution is 2.21. The smallest absolute Gasteiger partial charge is 0.197 e. The molecule has 0 saturated heterocycles. The molecule has 0 aliphatic carbocycles. The summed E-state index contributed by atoms with van der Waals surface area (Å²) in [6.07, 6.45) is 4.40. The van der Waals surface area contributed by atoms with Gasteiger partial charge in [0, 0.05) is 18.0 Å². The molecule has 2 aromatic heterocycles. The van der Waals surface area contributed by atoms with E-state index in [-0.39, 0.29) is 4.77 Å². The lowest BCUT2D eigenvalue weighted by Crippen LogP contribution is -1.94. The molecule has 15 heavy (non-hydrogen) atoms. The third kappa shape index (κ3) is 1.92. The molecule has 0 bridgehead atoms. The standard InChI is InChI=1S/C10H8FN3S/c1-6-4-12-3-2-7(6)9-8(11)5-13-10(15)14-9/h2-5H,1H3,(H,13,14,15). The van der Waals surface area contributed by atoms with Crippen molar-refractivity contribution in [3.8, 4) is 11.3 Å². The Labute approximate surface area is 91.0 Å². The van der Waals surface area contributed by atoms with E-state index in [9.17, 15) is 4.39 Å². The monoisotopic (exact) mass is 221 g/mol. The first-order valence-electron chi connectivity index (χ1n) is 4.34. The van der Waals surface area contributed by atoms with Crippen molar-refractivity contribution in [2.75, 3.05) is 0 Å². The molecule has 0 aliphatic heterocycles. The molecule has 0 aromatic carbocycles. The van der Waals surface area contributed by atoms with Crippen LogP contribution >= 0.6 is 12.2 Å². The highest BCUT2D eigenvalue weighted by atomic mass is 32.1. The second kappa shape index (κ2) is 3.86. The van der Waals surface area contributed by atoms with Crippen molar-refractivity contribution in [1.82, 2.24) is 15.0 Å². The molecule has 0 aliphatic rings. The van der Waals surface area contributed by atoms with Crippen LogP contribution in [0.5, 0.6) is 0 Å². The van der Waals surface area contributed by atoms with E-state index in [2.05, 4.69) is 15.0 Å². The second-order valence-electron chi connectivity index (χ2n) is 3.10. The average Bonchev–Trinajstić information content (AvgIpc) is 2.23. The molecule has 2 heterocycles. The van der Waals surface area contributed by atoms with Gasteiger partial charge in [0.2, 0.25) is 0 Å². The Morgan fingerprint density at radius 3 is 2.93 bits per heavy atom. The molecule has 76 valence electrons. The van der Waals surface area contributed by atoms with Gasteiger partial charge >= 0.3 is 0 Å². The average molecular weight is 221 g/mol. The Bertz CT molecular complexity index is 550. The number of hydrogen-bond acceptors (Lipinski definition) is 3. The van der Waals surface area contributed by atoms with Crippen LogP contribution in [0.4, 0.5) is 4.39 Å². The van der Waals surface area contributed by atoms with Crippen LogP contribution in [0.3, 0.4) is 0 Å². The summed E-state index contributed by atoms with van der Waals surface area (Å²) in [6, 6.07) is 1.74. The molecule has 0 radical (unpaired) electrons. The lowest BCUT2D eigenvalue weighted by Gasteiger charge is -2.05. The number of rotatable bonds is 1. The van der Waals surface area contributed by atoms with Gasteiger partial charge in [0.25, 0.3) is 0 Å². The summed E-state index contributed by atoms with van der Waals surface area (Å²) in [5, 5.41) is 0. The maximum Gasteiger partial charge on any atom is 0.197 e. The van der Waals surface area contributed by atoms with Gasteiger partial charge in [0.05, 0.1) is 11.9 Å². The fourth-order valence-electron chi connectivity index (χ4n) is 1.33. The van der Waals surface area contributed by atoms with E-state index in [1.807, 2.05) is 6.92 Å². The predicted octanol–water partition coefficient (Wildman–Crippen LogP) is 2.65. The lowest BCUT2D eigenvalue weighted by molar-refractivity contribution is 0.617. The zero-order valence-corrected chi connectivity index (χ0v) is 8.81. The summed E-state index contributed by atoms with van der Waals surface area (Å²) in [5.41, 5.74) is 1.99.